The first-order valence-corrected chi connectivity index (χ1v) is 6.75. The lowest BCUT2D eigenvalue weighted by atomic mass is 9.94. The average molecular weight is 287 g/mol. The molecule has 0 bridgehead atoms. The number of hydrogen-bond acceptors (Lipinski definition) is 3. The van der Waals surface area contributed by atoms with E-state index in [0.717, 1.165) is 11.1 Å². The maximum atomic E-state index is 12.3. The van der Waals surface area contributed by atoms with E-state index in [0.29, 0.717) is 38.0 Å². The van der Waals surface area contributed by atoms with Crippen molar-refractivity contribution in [3.63, 3.8) is 0 Å². The predicted molar refractivity (Wildman–Crippen MR) is 75.8 cm³/mol. The number of urea groups is 1. The fourth-order valence-electron chi connectivity index (χ4n) is 2.53. The van der Waals surface area contributed by atoms with Crippen molar-refractivity contribution in [3.05, 3.63) is 34.9 Å². The molecule has 0 fully saturated rings. The summed E-state index contributed by atoms with van der Waals surface area (Å²) < 4.78 is 0. The second-order valence-corrected chi connectivity index (χ2v) is 5.03. The van der Waals surface area contributed by atoms with E-state index in [1.54, 1.807) is 24.1 Å². The number of rotatable bonds is 3. The SMILES string of the molecule is CN(CCC#N)C(=O)N1CCc2c(cccc2C(=O)O)C1. The summed E-state index contributed by atoms with van der Waals surface area (Å²) in [5, 5.41) is 17.7. The number of aromatic carboxylic acids is 1. The van der Waals surface area contributed by atoms with Crippen molar-refractivity contribution in [2.45, 2.75) is 19.4 Å². The molecule has 1 aliphatic heterocycles. The van der Waals surface area contributed by atoms with Crippen LogP contribution in [0.15, 0.2) is 18.2 Å². The molecule has 6 nitrogen and oxygen atoms in total. The topological polar surface area (TPSA) is 84.6 Å². The van der Waals surface area contributed by atoms with E-state index in [4.69, 9.17) is 5.26 Å². The number of carbonyl (C=O) groups excluding carboxylic acids is 1. The lowest BCUT2D eigenvalue weighted by molar-refractivity contribution is 0.0695. The Kier molecular flexibility index (Phi) is 4.43. The number of carboxylic acids is 1. The highest BCUT2D eigenvalue weighted by atomic mass is 16.4. The molecule has 0 radical (unpaired) electrons. The molecule has 0 saturated carbocycles. The first-order valence-electron chi connectivity index (χ1n) is 6.75. The Balaban J connectivity index is 2.13. The number of amides is 2. The Hall–Kier alpha value is -2.55. The normalized spacial score (nSPS) is 13.2. The van der Waals surface area contributed by atoms with Crippen LogP contribution in [0, 0.1) is 11.3 Å². The van der Waals surface area contributed by atoms with E-state index in [-0.39, 0.29) is 6.03 Å². The molecule has 0 saturated heterocycles. The van der Waals surface area contributed by atoms with Gasteiger partial charge in [-0.2, -0.15) is 5.26 Å². The molecule has 1 aromatic rings. The zero-order chi connectivity index (χ0) is 15.4. The van der Waals surface area contributed by atoms with E-state index in [9.17, 15) is 14.7 Å². The van der Waals surface area contributed by atoms with Crippen LogP contribution in [0.3, 0.4) is 0 Å². The van der Waals surface area contributed by atoms with E-state index >= 15 is 0 Å². The van der Waals surface area contributed by atoms with Crippen LogP contribution in [0.5, 0.6) is 0 Å². The number of carboxylic acid groups (broad SMARTS) is 1. The van der Waals surface area contributed by atoms with Crippen molar-refractivity contribution in [1.29, 1.82) is 5.26 Å². The van der Waals surface area contributed by atoms with Crippen LogP contribution in [-0.2, 0) is 13.0 Å². The van der Waals surface area contributed by atoms with Gasteiger partial charge in [0.05, 0.1) is 18.1 Å². The predicted octanol–water partition coefficient (Wildman–Crippen LogP) is 1.71. The Morgan fingerprint density at radius 1 is 1.48 bits per heavy atom. The van der Waals surface area contributed by atoms with E-state index < -0.39 is 5.97 Å². The molecule has 0 aliphatic carbocycles. The number of nitrogens with zero attached hydrogens (tertiary/aromatic N) is 3. The molecule has 2 amide bonds. The summed E-state index contributed by atoms with van der Waals surface area (Å²) >= 11 is 0. The number of carbonyl (C=O) groups is 2. The summed E-state index contributed by atoms with van der Waals surface area (Å²) in [6.07, 6.45) is 0.839. The fraction of sp³-hybridized carbons (Fsp3) is 0.400. The first kappa shape index (κ1) is 14.9. The van der Waals surface area contributed by atoms with Crippen molar-refractivity contribution in [2.24, 2.45) is 0 Å². The molecule has 1 aliphatic rings. The summed E-state index contributed by atoms with van der Waals surface area (Å²) in [5.74, 6) is -0.933. The molecular formula is C15H17N3O3. The van der Waals surface area contributed by atoms with Crippen LogP contribution in [0.2, 0.25) is 0 Å². The second-order valence-electron chi connectivity index (χ2n) is 5.03. The molecule has 0 spiro atoms. The lowest BCUT2D eigenvalue weighted by Gasteiger charge is -2.32. The van der Waals surface area contributed by atoms with Gasteiger partial charge in [-0.3, -0.25) is 0 Å². The van der Waals surface area contributed by atoms with Gasteiger partial charge in [-0.25, -0.2) is 9.59 Å². The molecule has 0 unspecified atom stereocenters. The molecule has 1 heterocycles. The first-order chi connectivity index (χ1) is 10.0. The van der Waals surface area contributed by atoms with Crippen molar-refractivity contribution < 1.29 is 14.7 Å². The quantitative estimate of drug-likeness (QED) is 0.917. The Morgan fingerprint density at radius 2 is 2.24 bits per heavy atom. The molecular weight excluding hydrogens is 270 g/mol. The summed E-state index contributed by atoms with van der Waals surface area (Å²) in [7, 11) is 1.67. The van der Waals surface area contributed by atoms with Gasteiger partial charge in [-0.15, -0.1) is 0 Å². The number of hydrogen-bond donors (Lipinski definition) is 1. The highest BCUT2D eigenvalue weighted by molar-refractivity contribution is 5.90. The highest BCUT2D eigenvalue weighted by Crippen LogP contribution is 2.23. The number of nitriles is 1. The molecule has 1 aromatic carbocycles. The molecule has 110 valence electrons. The summed E-state index contributed by atoms with van der Waals surface area (Å²) in [6.45, 7) is 1.30. The largest absolute Gasteiger partial charge is 0.478 e. The Labute approximate surface area is 123 Å². The van der Waals surface area contributed by atoms with Crippen LogP contribution in [0.25, 0.3) is 0 Å². The van der Waals surface area contributed by atoms with Crippen molar-refractivity contribution in [3.8, 4) is 6.07 Å². The molecule has 0 atom stereocenters. The van der Waals surface area contributed by atoms with Crippen LogP contribution in [0.4, 0.5) is 4.79 Å². The maximum Gasteiger partial charge on any atom is 0.335 e. The molecule has 1 N–H and O–H groups in total. The smallest absolute Gasteiger partial charge is 0.335 e. The van der Waals surface area contributed by atoms with Crippen LogP contribution in [-0.4, -0.2) is 47.0 Å². The van der Waals surface area contributed by atoms with Gasteiger partial charge in [0.15, 0.2) is 0 Å². The molecule has 6 heteroatoms. The lowest BCUT2D eigenvalue weighted by Crippen LogP contribution is -2.44. The van der Waals surface area contributed by atoms with Gasteiger partial charge in [0.25, 0.3) is 0 Å². The van der Waals surface area contributed by atoms with Crippen LogP contribution < -0.4 is 0 Å². The van der Waals surface area contributed by atoms with Gasteiger partial charge in [0.2, 0.25) is 0 Å². The number of benzene rings is 1. The van der Waals surface area contributed by atoms with Crippen molar-refractivity contribution in [1.82, 2.24) is 9.80 Å². The van der Waals surface area contributed by atoms with Gasteiger partial charge in [-0.05, 0) is 23.6 Å². The minimum Gasteiger partial charge on any atom is -0.478 e. The van der Waals surface area contributed by atoms with E-state index in [1.165, 1.54) is 4.90 Å². The van der Waals surface area contributed by atoms with Crippen LogP contribution in [0.1, 0.15) is 27.9 Å². The van der Waals surface area contributed by atoms with Gasteiger partial charge in [-0.1, -0.05) is 12.1 Å². The van der Waals surface area contributed by atoms with Crippen molar-refractivity contribution in [2.75, 3.05) is 20.1 Å². The van der Waals surface area contributed by atoms with E-state index in [2.05, 4.69) is 0 Å². The highest BCUT2D eigenvalue weighted by Gasteiger charge is 2.25. The third-order valence-electron chi connectivity index (χ3n) is 3.65. The molecule has 21 heavy (non-hydrogen) atoms. The average Bonchev–Trinajstić information content (AvgIpc) is 2.50. The number of fused-ring (bicyclic) bond motifs is 1. The monoisotopic (exact) mass is 287 g/mol. The summed E-state index contributed by atoms with van der Waals surface area (Å²) in [5.41, 5.74) is 2.01. The third kappa shape index (κ3) is 3.14. The zero-order valence-electron chi connectivity index (χ0n) is 11.9. The van der Waals surface area contributed by atoms with Gasteiger partial charge in [0.1, 0.15) is 0 Å². The Bertz CT molecular complexity index is 607. The van der Waals surface area contributed by atoms with Crippen molar-refractivity contribution >= 4 is 12.0 Å². The Morgan fingerprint density at radius 3 is 2.90 bits per heavy atom. The second kappa shape index (κ2) is 6.27. The van der Waals surface area contributed by atoms with Gasteiger partial charge in [0, 0.05) is 26.7 Å². The summed E-state index contributed by atoms with van der Waals surface area (Å²) in [6, 6.07) is 7.04. The minimum absolute atomic E-state index is 0.128. The third-order valence-corrected chi connectivity index (χ3v) is 3.65. The molecule has 0 aromatic heterocycles. The molecule has 2 rings (SSSR count). The standard InChI is InChI=1S/C15H17N3O3/c1-17(8-3-7-16)15(21)18-9-6-12-11(10-18)4-2-5-13(12)14(19)20/h2,4-5H,3,6,8-10H2,1H3,(H,19,20). The minimum atomic E-state index is -0.933. The zero-order valence-corrected chi connectivity index (χ0v) is 11.9. The van der Waals surface area contributed by atoms with Gasteiger partial charge < -0.3 is 14.9 Å². The van der Waals surface area contributed by atoms with Crippen LogP contribution >= 0.6 is 0 Å². The van der Waals surface area contributed by atoms with E-state index in [1.807, 2.05) is 12.1 Å². The summed E-state index contributed by atoms with van der Waals surface area (Å²) in [4.78, 5) is 26.7. The fourth-order valence-corrected chi connectivity index (χ4v) is 2.53. The maximum absolute atomic E-state index is 12.3. The van der Waals surface area contributed by atoms with Gasteiger partial charge >= 0.3 is 12.0 Å².